The van der Waals surface area contributed by atoms with Crippen molar-refractivity contribution >= 4 is 0 Å². The lowest BCUT2D eigenvalue weighted by atomic mass is 9.75. The zero-order valence-electron chi connectivity index (χ0n) is 16.0. The Morgan fingerprint density at radius 3 is 2.43 bits per heavy atom. The zero-order valence-corrected chi connectivity index (χ0v) is 16.0. The van der Waals surface area contributed by atoms with Gasteiger partial charge < -0.3 is 9.84 Å². The molecule has 0 unspecified atom stereocenters. The van der Waals surface area contributed by atoms with E-state index in [4.69, 9.17) is 4.74 Å². The first-order valence-electron chi connectivity index (χ1n) is 9.77. The van der Waals surface area contributed by atoms with Crippen molar-refractivity contribution in [3.8, 4) is 0 Å². The van der Waals surface area contributed by atoms with Crippen molar-refractivity contribution < 1.29 is 14.8 Å². The molecule has 2 fully saturated rings. The number of piperidine rings is 1. The molecule has 0 amide bonds. The second kappa shape index (κ2) is 7.62. The Morgan fingerprint density at radius 2 is 1.79 bits per heavy atom. The molecule has 0 bridgehead atoms. The fourth-order valence-electron chi connectivity index (χ4n) is 4.93. The minimum Gasteiger partial charge on any atom is -0.383 e. The first kappa shape index (κ1) is 19.1. The van der Waals surface area contributed by atoms with Crippen LogP contribution in [-0.4, -0.2) is 51.9 Å². The maximum atomic E-state index is 12.1. The van der Waals surface area contributed by atoms with Crippen LogP contribution in [0, 0.1) is 10.1 Å². The molecule has 2 aromatic rings. The van der Waals surface area contributed by atoms with Crippen molar-refractivity contribution in [3.63, 3.8) is 0 Å². The Balaban J connectivity index is 1.76. The van der Waals surface area contributed by atoms with Gasteiger partial charge in [0.1, 0.15) is 11.6 Å². The Bertz CT molecular complexity index is 812. The van der Waals surface area contributed by atoms with Gasteiger partial charge in [-0.15, -0.1) is 0 Å². The highest BCUT2D eigenvalue weighted by molar-refractivity contribution is 5.25. The van der Waals surface area contributed by atoms with Gasteiger partial charge in [0, 0.05) is 23.4 Å². The number of ether oxygens (including phenoxy) is 1. The van der Waals surface area contributed by atoms with Crippen molar-refractivity contribution in [1.82, 2.24) is 4.90 Å². The third-order valence-electron chi connectivity index (χ3n) is 6.05. The van der Waals surface area contributed by atoms with Gasteiger partial charge in [0.15, 0.2) is 0 Å². The molecule has 1 N–H and O–H groups in total. The number of aliphatic hydroxyl groups is 1. The minimum absolute atomic E-state index is 0.0184. The molecule has 5 atom stereocenters. The van der Waals surface area contributed by atoms with E-state index in [2.05, 4.69) is 17.0 Å². The Labute approximate surface area is 164 Å². The van der Waals surface area contributed by atoms with Crippen LogP contribution in [0.4, 0.5) is 0 Å². The third-order valence-corrected chi connectivity index (χ3v) is 6.05. The maximum Gasteiger partial charge on any atom is 0.260 e. The third kappa shape index (κ3) is 3.55. The monoisotopic (exact) mass is 382 g/mol. The van der Waals surface area contributed by atoms with Gasteiger partial charge in [-0.3, -0.25) is 15.0 Å². The Morgan fingerprint density at radius 1 is 1.14 bits per heavy atom. The summed E-state index contributed by atoms with van der Waals surface area (Å²) in [6.45, 7) is 2.60. The number of rotatable bonds is 4. The summed E-state index contributed by atoms with van der Waals surface area (Å²) in [6, 6.07) is 18.1. The number of morpholine rings is 1. The summed E-state index contributed by atoms with van der Waals surface area (Å²) >= 11 is 0. The summed E-state index contributed by atoms with van der Waals surface area (Å²) in [4.78, 5) is 14.0. The predicted octanol–water partition coefficient (Wildman–Crippen LogP) is 2.84. The molecule has 2 heterocycles. The molecule has 148 valence electrons. The number of benzene rings is 2. The van der Waals surface area contributed by atoms with Crippen LogP contribution in [-0.2, 0) is 11.2 Å². The average molecular weight is 382 g/mol. The van der Waals surface area contributed by atoms with Crippen molar-refractivity contribution in [2.24, 2.45) is 0 Å². The van der Waals surface area contributed by atoms with E-state index in [9.17, 15) is 15.2 Å². The molecule has 28 heavy (non-hydrogen) atoms. The van der Waals surface area contributed by atoms with E-state index < -0.39 is 17.7 Å². The standard InChI is InChI=1S/C22H26N2O4/c1-22(25)13-19-15-28-14-18(12-16-8-4-2-5-9-16)23(19)20(21(22)24(26)27)17-10-6-3-7-11-17/h2-11,18-21,25H,12-15H2,1H3/t18-,19-,20-,21-,22+/m0/s1. The topological polar surface area (TPSA) is 75.8 Å². The molecule has 0 spiro atoms. The Hall–Kier alpha value is -2.28. The van der Waals surface area contributed by atoms with E-state index in [1.54, 1.807) is 6.92 Å². The summed E-state index contributed by atoms with van der Waals surface area (Å²) in [5, 5.41) is 23.1. The van der Waals surface area contributed by atoms with Crippen LogP contribution < -0.4 is 0 Å². The van der Waals surface area contributed by atoms with Crippen LogP contribution in [0.15, 0.2) is 60.7 Å². The van der Waals surface area contributed by atoms with E-state index >= 15 is 0 Å². The second-order valence-electron chi connectivity index (χ2n) is 8.13. The molecule has 4 rings (SSSR count). The number of nitrogens with zero attached hydrogens (tertiary/aromatic N) is 2. The highest BCUT2D eigenvalue weighted by Gasteiger charge is 2.58. The van der Waals surface area contributed by atoms with E-state index in [1.807, 2.05) is 48.5 Å². The lowest BCUT2D eigenvalue weighted by Crippen LogP contribution is -2.67. The molecule has 6 heteroatoms. The van der Waals surface area contributed by atoms with Crippen molar-refractivity contribution in [1.29, 1.82) is 0 Å². The molecular formula is C22H26N2O4. The largest absolute Gasteiger partial charge is 0.383 e. The Kier molecular flexibility index (Phi) is 5.19. The molecule has 0 aromatic heterocycles. The van der Waals surface area contributed by atoms with Crippen molar-refractivity contribution in [3.05, 3.63) is 81.9 Å². The summed E-state index contributed by atoms with van der Waals surface area (Å²) in [6.07, 6.45) is 1.08. The summed E-state index contributed by atoms with van der Waals surface area (Å²) in [5.41, 5.74) is 0.649. The normalized spacial score (nSPS) is 33.2. The molecule has 2 saturated heterocycles. The predicted molar refractivity (Wildman–Crippen MR) is 106 cm³/mol. The number of hydrogen-bond donors (Lipinski definition) is 1. The molecule has 0 saturated carbocycles. The summed E-state index contributed by atoms with van der Waals surface area (Å²) in [7, 11) is 0. The second-order valence-corrected chi connectivity index (χ2v) is 8.13. The maximum absolute atomic E-state index is 12.1. The van der Waals surface area contributed by atoms with Gasteiger partial charge >= 0.3 is 0 Å². The van der Waals surface area contributed by atoms with Crippen LogP contribution >= 0.6 is 0 Å². The van der Waals surface area contributed by atoms with E-state index in [0.29, 0.717) is 19.6 Å². The summed E-state index contributed by atoms with van der Waals surface area (Å²) in [5.74, 6) is 0. The highest BCUT2D eigenvalue weighted by atomic mass is 16.6. The smallest absolute Gasteiger partial charge is 0.260 e. The molecule has 2 aliphatic heterocycles. The average Bonchev–Trinajstić information content (AvgIpc) is 2.67. The van der Waals surface area contributed by atoms with Gasteiger partial charge in [0.05, 0.1) is 13.2 Å². The van der Waals surface area contributed by atoms with Gasteiger partial charge in [-0.05, 0) is 24.5 Å². The number of hydrogen-bond acceptors (Lipinski definition) is 5. The van der Waals surface area contributed by atoms with Crippen molar-refractivity contribution in [2.75, 3.05) is 13.2 Å². The molecule has 6 nitrogen and oxygen atoms in total. The van der Waals surface area contributed by atoms with Crippen LogP contribution in [0.3, 0.4) is 0 Å². The van der Waals surface area contributed by atoms with Crippen LogP contribution in [0.25, 0.3) is 0 Å². The van der Waals surface area contributed by atoms with E-state index in [-0.39, 0.29) is 17.0 Å². The van der Waals surface area contributed by atoms with E-state index in [1.165, 1.54) is 5.56 Å². The lowest BCUT2D eigenvalue weighted by Gasteiger charge is -2.53. The quantitative estimate of drug-likeness (QED) is 0.650. The zero-order chi connectivity index (χ0) is 19.7. The van der Waals surface area contributed by atoms with E-state index in [0.717, 1.165) is 12.0 Å². The molecule has 0 radical (unpaired) electrons. The van der Waals surface area contributed by atoms with Crippen LogP contribution in [0.2, 0.25) is 0 Å². The fourth-order valence-corrected chi connectivity index (χ4v) is 4.93. The highest BCUT2D eigenvalue weighted by Crippen LogP contribution is 2.44. The molecule has 2 aliphatic rings. The van der Waals surface area contributed by atoms with Crippen LogP contribution in [0.5, 0.6) is 0 Å². The molecule has 0 aliphatic carbocycles. The summed E-state index contributed by atoms with van der Waals surface area (Å²) < 4.78 is 5.87. The van der Waals surface area contributed by atoms with Gasteiger partial charge in [0.2, 0.25) is 0 Å². The van der Waals surface area contributed by atoms with Gasteiger partial charge in [-0.25, -0.2) is 0 Å². The van der Waals surface area contributed by atoms with Gasteiger partial charge in [0.25, 0.3) is 6.04 Å². The fraction of sp³-hybridized carbons (Fsp3) is 0.455. The van der Waals surface area contributed by atoms with Crippen molar-refractivity contribution in [2.45, 2.75) is 49.5 Å². The molecule has 2 aromatic carbocycles. The van der Waals surface area contributed by atoms with Gasteiger partial charge in [-0.2, -0.15) is 0 Å². The van der Waals surface area contributed by atoms with Crippen LogP contribution in [0.1, 0.15) is 30.5 Å². The van der Waals surface area contributed by atoms with Gasteiger partial charge in [-0.1, -0.05) is 60.7 Å². The lowest BCUT2D eigenvalue weighted by molar-refractivity contribution is -0.561. The SMILES string of the molecule is C[C@@]1(O)C[C@H]2COC[C@H](Cc3ccccc3)N2[C@@H](c2ccccc2)[C@@H]1[N+](=O)[O-]. The number of fused-ring (bicyclic) bond motifs is 1. The number of nitro groups is 1. The first-order valence-corrected chi connectivity index (χ1v) is 9.77. The molecular weight excluding hydrogens is 356 g/mol. The minimum atomic E-state index is -1.40. The first-order chi connectivity index (χ1) is 13.5.